The summed E-state index contributed by atoms with van der Waals surface area (Å²) in [4.78, 5) is 4.74. The van der Waals surface area contributed by atoms with E-state index in [-0.39, 0.29) is 0 Å². The van der Waals surface area contributed by atoms with Crippen molar-refractivity contribution in [1.29, 1.82) is 0 Å². The first-order valence-corrected chi connectivity index (χ1v) is 6.08. The molecule has 0 saturated carbocycles. The molecule has 0 atom stereocenters. The lowest BCUT2D eigenvalue weighted by atomic mass is 10.0. The third kappa shape index (κ3) is 1.89. The van der Waals surface area contributed by atoms with Crippen LogP contribution < -0.4 is 0 Å². The summed E-state index contributed by atoms with van der Waals surface area (Å²) in [6.45, 7) is 2.15. The number of fused-ring (bicyclic) bond motifs is 1. The average molecular weight is 221 g/mol. The molecule has 0 amide bonds. The summed E-state index contributed by atoms with van der Waals surface area (Å²) in [7, 11) is 0. The Bertz CT molecular complexity index is 620. The maximum atomic E-state index is 4.74. The van der Waals surface area contributed by atoms with Crippen molar-refractivity contribution in [1.82, 2.24) is 4.98 Å². The molecule has 1 heterocycles. The van der Waals surface area contributed by atoms with Gasteiger partial charge < -0.3 is 0 Å². The quantitative estimate of drug-likeness (QED) is 0.700. The second kappa shape index (κ2) is 4.17. The second-order valence-corrected chi connectivity index (χ2v) is 4.48. The minimum Gasteiger partial charge on any atom is -0.248 e. The molecule has 0 saturated heterocycles. The molecule has 84 valence electrons. The van der Waals surface area contributed by atoms with Crippen LogP contribution in [-0.4, -0.2) is 4.98 Å². The average Bonchev–Trinajstić information content (AvgIpc) is 2.40. The number of para-hydroxylation sites is 1. The first-order chi connectivity index (χ1) is 8.34. The first kappa shape index (κ1) is 10.3. The zero-order valence-corrected chi connectivity index (χ0v) is 9.98. The molecule has 0 radical (unpaired) electrons. The SMILES string of the molecule is Cc1cc(C2=CCCC=C2)nc2ccccc12. The van der Waals surface area contributed by atoms with Crippen LogP contribution in [-0.2, 0) is 0 Å². The second-order valence-electron chi connectivity index (χ2n) is 4.48. The lowest BCUT2D eigenvalue weighted by Gasteiger charge is -2.09. The largest absolute Gasteiger partial charge is 0.248 e. The van der Waals surface area contributed by atoms with Gasteiger partial charge >= 0.3 is 0 Å². The van der Waals surface area contributed by atoms with Crippen molar-refractivity contribution in [3.63, 3.8) is 0 Å². The molecule has 3 rings (SSSR count). The number of benzene rings is 1. The van der Waals surface area contributed by atoms with Gasteiger partial charge in [-0.3, -0.25) is 0 Å². The van der Waals surface area contributed by atoms with Gasteiger partial charge in [-0.1, -0.05) is 36.4 Å². The molecule has 1 aliphatic carbocycles. The van der Waals surface area contributed by atoms with Crippen LogP contribution in [0.5, 0.6) is 0 Å². The minimum absolute atomic E-state index is 1.09. The third-order valence-electron chi connectivity index (χ3n) is 3.21. The predicted molar refractivity (Wildman–Crippen MR) is 72.8 cm³/mol. The summed E-state index contributed by atoms with van der Waals surface area (Å²) in [6.07, 6.45) is 8.95. The van der Waals surface area contributed by atoms with Crippen LogP contribution in [0.1, 0.15) is 24.1 Å². The molecule has 1 nitrogen and oxygen atoms in total. The Morgan fingerprint density at radius 2 is 2.00 bits per heavy atom. The summed E-state index contributed by atoms with van der Waals surface area (Å²) in [5, 5.41) is 1.25. The molecule has 0 aliphatic heterocycles. The number of rotatable bonds is 1. The Kier molecular flexibility index (Phi) is 2.52. The van der Waals surface area contributed by atoms with Crippen LogP contribution in [0.4, 0.5) is 0 Å². The normalized spacial score (nSPS) is 15.0. The van der Waals surface area contributed by atoms with Gasteiger partial charge in [-0.05, 0) is 43.0 Å². The smallest absolute Gasteiger partial charge is 0.0712 e. The van der Waals surface area contributed by atoms with Gasteiger partial charge in [-0.25, -0.2) is 4.98 Å². The van der Waals surface area contributed by atoms with E-state index in [0.29, 0.717) is 0 Å². The fourth-order valence-electron chi connectivity index (χ4n) is 2.30. The number of hydrogen-bond acceptors (Lipinski definition) is 1. The van der Waals surface area contributed by atoms with Gasteiger partial charge in [0.2, 0.25) is 0 Å². The Morgan fingerprint density at radius 1 is 1.12 bits per heavy atom. The van der Waals surface area contributed by atoms with Crippen molar-refractivity contribution < 1.29 is 0 Å². The van der Waals surface area contributed by atoms with Crippen LogP contribution >= 0.6 is 0 Å². The van der Waals surface area contributed by atoms with Crippen molar-refractivity contribution in [3.05, 3.63) is 59.8 Å². The molecule has 1 aromatic heterocycles. The van der Waals surface area contributed by atoms with Crippen LogP contribution in [0.25, 0.3) is 16.5 Å². The maximum absolute atomic E-state index is 4.74. The molecule has 0 fully saturated rings. The zero-order chi connectivity index (χ0) is 11.7. The van der Waals surface area contributed by atoms with Crippen molar-refractivity contribution in [2.24, 2.45) is 0 Å². The van der Waals surface area contributed by atoms with Gasteiger partial charge in [0.05, 0.1) is 11.2 Å². The zero-order valence-electron chi connectivity index (χ0n) is 9.98. The lowest BCUT2D eigenvalue weighted by molar-refractivity contribution is 1.04. The third-order valence-corrected chi connectivity index (χ3v) is 3.21. The van der Waals surface area contributed by atoms with Gasteiger partial charge in [-0.2, -0.15) is 0 Å². The molecule has 2 aromatic rings. The van der Waals surface area contributed by atoms with E-state index in [9.17, 15) is 0 Å². The van der Waals surface area contributed by atoms with Crippen LogP contribution in [0.3, 0.4) is 0 Å². The van der Waals surface area contributed by atoms with E-state index in [1.165, 1.54) is 16.5 Å². The number of pyridine rings is 1. The summed E-state index contributed by atoms with van der Waals surface area (Å²) in [5.74, 6) is 0. The van der Waals surface area contributed by atoms with Crippen LogP contribution in [0.2, 0.25) is 0 Å². The number of aryl methyl sites for hydroxylation is 1. The van der Waals surface area contributed by atoms with E-state index in [1.54, 1.807) is 0 Å². The summed E-state index contributed by atoms with van der Waals surface area (Å²) >= 11 is 0. The van der Waals surface area contributed by atoms with Crippen LogP contribution in [0.15, 0.2) is 48.6 Å². The molecule has 17 heavy (non-hydrogen) atoms. The fourth-order valence-corrected chi connectivity index (χ4v) is 2.30. The molecule has 0 unspecified atom stereocenters. The van der Waals surface area contributed by atoms with Gasteiger partial charge in [0, 0.05) is 5.39 Å². The highest BCUT2D eigenvalue weighted by Crippen LogP contribution is 2.24. The van der Waals surface area contributed by atoms with Gasteiger partial charge in [0.25, 0.3) is 0 Å². The molecule has 0 spiro atoms. The predicted octanol–water partition coefficient (Wildman–Crippen LogP) is 4.28. The molecular weight excluding hydrogens is 206 g/mol. The van der Waals surface area contributed by atoms with Crippen molar-refractivity contribution in [3.8, 4) is 0 Å². The van der Waals surface area contributed by atoms with Crippen molar-refractivity contribution in [2.75, 3.05) is 0 Å². The fraction of sp³-hybridized carbons (Fsp3) is 0.188. The number of hydrogen-bond donors (Lipinski definition) is 0. The number of nitrogens with zero attached hydrogens (tertiary/aromatic N) is 1. The molecule has 1 heteroatoms. The highest BCUT2D eigenvalue weighted by atomic mass is 14.7. The van der Waals surface area contributed by atoms with Gasteiger partial charge in [-0.15, -0.1) is 0 Å². The van der Waals surface area contributed by atoms with Crippen molar-refractivity contribution in [2.45, 2.75) is 19.8 Å². The van der Waals surface area contributed by atoms with E-state index < -0.39 is 0 Å². The highest BCUT2D eigenvalue weighted by Gasteiger charge is 2.06. The Labute approximate surface area is 102 Å². The minimum atomic E-state index is 1.09. The van der Waals surface area contributed by atoms with E-state index >= 15 is 0 Å². The topological polar surface area (TPSA) is 12.9 Å². The van der Waals surface area contributed by atoms with Crippen molar-refractivity contribution >= 4 is 16.5 Å². The first-order valence-electron chi connectivity index (χ1n) is 6.08. The van der Waals surface area contributed by atoms with E-state index in [4.69, 9.17) is 4.98 Å². The molecule has 1 aliphatic rings. The van der Waals surface area contributed by atoms with E-state index in [0.717, 1.165) is 24.1 Å². The molecule has 0 bridgehead atoms. The maximum Gasteiger partial charge on any atom is 0.0712 e. The Morgan fingerprint density at radius 3 is 2.82 bits per heavy atom. The summed E-state index contributed by atoms with van der Waals surface area (Å²) < 4.78 is 0. The monoisotopic (exact) mass is 221 g/mol. The molecule has 0 N–H and O–H groups in total. The Balaban J connectivity index is 2.18. The Hall–Kier alpha value is -1.89. The highest BCUT2D eigenvalue weighted by molar-refractivity contribution is 5.85. The summed E-state index contributed by atoms with van der Waals surface area (Å²) in [6, 6.07) is 10.5. The van der Waals surface area contributed by atoms with E-state index in [1.807, 2.05) is 6.07 Å². The van der Waals surface area contributed by atoms with Gasteiger partial charge in [0.1, 0.15) is 0 Å². The standard InChI is InChI=1S/C16H15N/c1-12-11-16(13-7-3-2-4-8-13)17-15-10-6-5-9-14(12)15/h3,5-11H,2,4H2,1H3. The number of allylic oxidation sites excluding steroid dienone is 4. The number of aromatic nitrogens is 1. The lowest BCUT2D eigenvalue weighted by Crippen LogP contribution is -1.93. The van der Waals surface area contributed by atoms with E-state index in [2.05, 4.69) is 49.4 Å². The summed E-state index contributed by atoms with van der Waals surface area (Å²) in [5.41, 5.74) is 4.73. The van der Waals surface area contributed by atoms with Crippen LogP contribution in [0, 0.1) is 6.92 Å². The van der Waals surface area contributed by atoms with Gasteiger partial charge in [0.15, 0.2) is 0 Å². The molecule has 1 aromatic carbocycles. The molecular formula is C16H15N.